The largest absolute Gasteiger partial charge is 0.375 e. The highest BCUT2D eigenvalue weighted by molar-refractivity contribution is 7.98. The van der Waals surface area contributed by atoms with Crippen LogP contribution in [-0.2, 0) is 10.5 Å². The van der Waals surface area contributed by atoms with Gasteiger partial charge in [0.25, 0.3) is 0 Å². The van der Waals surface area contributed by atoms with Crippen molar-refractivity contribution in [2.75, 3.05) is 25.0 Å². The van der Waals surface area contributed by atoms with Crippen molar-refractivity contribution in [1.29, 1.82) is 0 Å². The number of rotatable bonds is 4. The third-order valence-electron chi connectivity index (χ3n) is 3.73. The quantitative estimate of drug-likeness (QED) is 0.862. The van der Waals surface area contributed by atoms with Gasteiger partial charge >= 0.3 is 6.03 Å². The molecule has 0 aliphatic carbocycles. The molecule has 0 radical (unpaired) electrons. The lowest BCUT2D eigenvalue weighted by Crippen LogP contribution is -2.46. The number of pyridine rings is 1. The Morgan fingerprint density at radius 2 is 2.29 bits per heavy atom. The Hall–Kier alpha value is -2.05. The van der Waals surface area contributed by atoms with E-state index in [9.17, 15) is 4.79 Å². The maximum absolute atomic E-state index is 12.3. The van der Waals surface area contributed by atoms with Crippen molar-refractivity contribution in [3.8, 4) is 0 Å². The van der Waals surface area contributed by atoms with Crippen LogP contribution in [0.1, 0.15) is 12.5 Å². The Morgan fingerprint density at radius 1 is 1.38 bits per heavy atom. The molecule has 126 valence electrons. The van der Waals surface area contributed by atoms with Gasteiger partial charge in [-0.2, -0.15) is 0 Å². The predicted molar refractivity (Wildman–Crippen MR) is 96.2 cm³/mol. The third-order valence-corrected chi connectivity index (χ3v) is 4.75. The first-order valence-corrected chi connectivity index (χ1v) is 8.99. The van der Waals surface area contributed by atoms with E-state index in [1.54, 1.807) is 22.9 Å². The fourth-order valence-electron chi connectivity index (χ4n) is 2.53. The van der Waals surface area contributed by atoms with Crippen molar-refractivity contribution in [2.24, 2.45) is 0 Å². The summed E-state index contributed by atoms with van der Waals surface area (Å²) in [6.45, 7) is 3.83. The fraction of sp³-hybridized carbons (Fsp3) is 0.333. The summed E-state index contributed by atoms with van der Waals surface area (Å²) in [5.41, 5.74) is 1.97. The lowest BCUT2D eigenvalue weighted by Gasteiger charge is -2.31. The number of benzene rings is 1. The SMILES string of the molecule is C[C@H]1CN(C(=O)Nc2cccc(CSc3ccccn3)c2)CCO1. The Bertz CT molecular complexity index is 681. The highest BCUT2D eigenvalue weighted by atomic mass is 32.2. The van der Waals surface area contributed by atoms with Crippen molar-refractivity contribution in [2.45, 2.75) is 23.8 Å². The number of urea groups is 1. The van der Waals surface area contributed by atoms with Crippen LogP contribution >= 0.6 is 11.8 Å². The number of carbonyl (C=O) groups excluding carboxylic acids is 1. The van der Waals surface area contributed by atoms with E-state index in [-0.39, 0.29) is 12.1 Å². The molecule has 1 aliphatic heterocycles. The van der Waals surface area contributed by atoms with Gasteiger partial charge in [0, 0.05) is 30.7 Å². The first kappa shape index (κ1) is 16.8. The van der Waals surface area contributed by atoms with Crippen molar-refractivity contribution in [3.05, 3.63) is 54.2 Å². The Kier molecular flexibility index (Phi) is 5.72. The maximum atomic E-state index is 12.3. The average molecular weight is 343 g/mol. The normalized spacial score (nSPS) is 17.5. The predicted octanol–water partition coefficient (Wildman–Crippen LogP) is 3.63. The second kappa shape index (κ2) is 8.17. The monoisotopic (exact) mass is 343 g/mol. The smallest absolute Gasteiger partial charge is 0.322 e. The molecule has 1 atom stereocenters. The number of nitrogens with one attached hydrogen (secondary N) is 1. The van der Waals surface area contributed by atoms with Crippen molar-refractivity contribution in [3.63, 3.8) is 0 Å². The minimum atomic E-state index is -0.0697. The zero-order valence-corrected chi connectivity index (χ0v) is 14.5. The maximum Gasteiger partial charge on any atom is 0.322 e. The molecule has 2 aromatic rings. The summed E-state index contributed by atoms with van der Waals surface area (Å²) in [6, 6.07) is 13.8. The van der Waals surface area contributed by atoms with E-state index in [2.05, 4.69) is 16.4 Å². The van der Waals surface area contributed by atoms with E-state index < -0.39 is 0 Å². The molecule has 0 spiro atoms. The van der Waals surface area contributed by atoms with Gasteiger partial charge in [-0.3, -0.25) is 0 Å². The molecule has 1 fully saturated rings. The van der Waals surface area contributed by atoms with E-state index in [0.717, 1.165) is 22.0 Å². The molecule has 1 aliphatic rings. The summed E-state index contributed by atoms with van der Waals surface area (Å²) >= 11 is 1.68. The molecule has 3 rings (SSSR count). The molecule has 24 heavy (non-hydrogen) atoms. The second-order valence-electron chi connectivity index (χ2n) is 5.71. The summed E-state index contributed by atoms with van der Waals surface area (Å²) < 4.78 is 5.47. The van der Waals surface area contributed by atoms with Gasteiger partial charge in [-0.25, -0.2) is 9.78 Å². The Morgan fingerprint density at radius 3 is 3.08 bits per heavy atom. The van der Waals surface area contributed by atoms with Crippen LogP contribution < -0.4 is 5.32 Å². The van der Waals surface area contributed by atoms with Gasteiger partial charge in [0.2, 0.25) is 0 Å². The van der Waals surface area contributed by atoms with E-state index in [4.69, 9.17) is 4.74 Å². The molecule has 0 unspecified atom stereocenters. The summed E-state index contributed by atoms with van der Waals surface area (Å²) in [5, 5.41) is 3.97. The average Bonchev–Trinajstić information content (AvgIpc) is 2.61. The minimum Gasteiger partial charge on any atom is -0.375 e. The number of aromatic nitrogens is 1. The molecular weight excluding hydrogens is 322 g/mol. The first-order chi connectivity index (χ1) is 11.7. The molecule has 1 aromatic carbocycles. The van der Waals surface area contributed by atoms with Crippen LogP contribution in [-0.4, -0.2) is 41.7 Å². The number of morpholine rings is 1. The second-order valence-corrected chi connectivity index (χ2v) is 6.71. The summed E-state index contributed by atoms with van der Waals surface area (Å²) in [5.74, 6) is 0.815. The molecule has 0 bridgehead atoms. The Labute approximate surface area is 146 Å². The molecule has 2 heterocycles. The zero-order valence-electron chi connectivity index (χ0n) is 13.6. The van der Waals surface area contributed by atoms with Crippen LogP contribution in [0.5, 0.6) is 0 Å². The molecular formula is C18H21N3O2S. The Balaban J connectivity index is 1.57. The number of nitrogens with zero attached hydrogens (tertiary/aromatic N) is 2. The van der Waals surface area contributed by atoms with Crippen LogP contribution in [0.15, 0.2) is 53.7 Å². The number of anilines is 1. The number of hydrogen-bond acceptors (Lipinski definition) is 4. The highest BCUT2D eigenvalue weighted by Gasteiger charge is 2.21. The van der Waals surface area contributed by atoms with Gasteiger partial charge < -0.3 is 15.0 Å². The summed E-state index contributed by atoms with van der Waals surface area (Å²) in [4.78, 5) is 18.5. The topological polar surface area (TPSA) is 54.5 Å². The lowest BCUT2D eigenvalue weighted by molar-refractivity contribution is -0.00138. The standard InChI is InChI=1S/C18H21N3O2S/c1-14-12-21(9-10-23-14)18(22)20-16-6-4-5-15(11-16)13-24-17-7-2-3-8-19-17/h2-8,11,14H,9-10,12-13H2,1H3,(H,20,22)/t14-/m0/s1. The summed E-state index contributed by atoms with van der Waals surface area (Å²) in [7, 11) is 0. The number of hydrogen-bond donors (Lipinski definition) is 1. The van der Waals surface area contributed by atoms with Crippen LogP contribution in [0.4, 0.5) is 10.5 Å². The van der Waals surface area contributed by atoms with Gasteiger partial charge in [-0.05, 0) is 36.8 Å². The van der Waals surface area contributed by atoms with Crippen LogP contribution in [0.2, 0.25) is 0 Å². The number of ether oxygens (including phenoxy) is 1. The van der Waals surface area contributed by atoms with Crippen LogP contribution in [0, 0.1) is 0 Å². The van der Waals surface area contributed by atoms with E-state index in [0.29, 0.717) is 19.7 Å². The number of carbonyl (C=O) groups is 1. The van der Waals surface area contributed by atoms with Gasteiger partial charge in [0.1, 0.15) is 0 Å². The van der Waals surface area contributed by atoms with Crippen molar-refractivity contribution in [1.82, 2.24) is 9.88 Å². The van der Waals surface area contributed by atoms with Gasteiger partial charge in [0.05, 0.1) is 17.7 Å². The fourth-order valence-corrected chi connectivity index (χ4v) is 3.34. The van der Waals surface area contributed by atoms with E-state index >= 15 is 0 Å². The van der Waals surface area contributed by atoms with E-state index in [1.807, 2.05) is 43.3 Å². The molecule has 6 heteroatoms. The third kappa shape index (κ3) is 4.72. The van der Waals surface area contributed by atoms with E-state index in [1.165, 1.54) is 0 Å². The highest BCUT2D eigenvalue weighted by Crippen LogP contribution is 2.22. The van der Waals surface area contributed by atoms with Crippen molar-refractivity contribution < 1.29 is 9.53 Å². The minimum absolute atomic E-state index is 0.0697. The molecule has 1 saturated heterocycles. The van der Waals surface area contributed by atoms with Crippen molar-refractivity contribution >= 4 is 23.5 Å². The molecule has 2 amide bonds. The van der Waals surface area contributed by atoms with Crippen LogP contribution in [0.25, 0.3) is 0 Å². The van der Waals surface area contributed by atoms with Gasteiger partial charge in [-0.1, -0.05) is 18.2 Å². The first-order valence-electron chi connectivity index (χ1n) is 8.01. The number of thioether (sulfide) groups is 1. The molecule has 0 saturated carbocycles. The molecule has 5 nitrogen and oxygen atoms in total. The zero-order chi connectivity index (χ0) is 16.8. The van der Waals surface area contributed by atoms with Crippen LogP contribution in [0.3, 0.4) is 0 Å². The summed E-state index contributed by atoms with van der Waals surface area (Å²) in [6.07, 6.45) is 1.88. The molecule has 1 N–H and O–H groups in total. The number of amides is 2. The lowest BCUT2D eigenvalue weighted by atomic mass is 10.2. The molecule has 1 aromatic heterocycles. The van der Waals surface area contributed by atoms with Gasteiger partial charge in [-0.15, -0.1) is 11.8 Å². The van der Waals surface area contributed by atoms with Gasteiger partial charge in [0.15, 0.2) is 0 Å².